The molecular formula is C31H26N3+. The lowest BCUT2D eigenvalue weighted by molar-refractivity contribution is -0.643. The van der Waals surface area contributed by atoms with Gasteiger partial charge in [-0.15, -0.1) is 0 Å². The molecule has 0 N–H and O–H groups in total. The van der Waals surface area contributed by atoms with Crippen LogP contribution < -0.4 is 9.47 Å². The summed E-state index contributed by atoms with van der Waals surface area (Å²) in [6.45, 7) is 4.52. The van der Waals surface area contributed by atoms with Crippen LogP contribution in [0.25, 0.3) is 49.0 Å². The highest BCUT2D eigenvalue weighted by molar-refractivity contribution is 6.27. The molecule has 0 fully saturated rings. The molecule has 164 valence electrons. The quantitative estimate of drug-likeness (QED) is 0.157. The van der Waals surface area contributed by atoms with Gasteiger partial charge in [0.1, 0.15) is 7.05 Å². The highest BCUT2D eigenvalue weighted by atomic mass is 15.1. The van der Waals surface area contributed by atoms with Gasteiger partial charge in [-0.05, 0) is 66.8 Å². The summed E-state index contributed by atoms with van der Waals surface area (Å²) in [5, 5.41) is 6.59. The molecule has 7 rings (SSSR count). The first kappa shape index (κ1) is 19.4. The molecule has 7 aromatic rings. The summed E-state index contributed by atoms with van der Waals surface area (Å²) in [5.41, 5.74) is 10.2. The van der Waals surface area contributed by atoms with E-state index >= 15 is 0 Å². The van der Waals surface area contributed by atoms with Crippen molar-refractivity contribution in [3.63, 3.8) is 0 Å². The van der Waals surface area contributed by atoms with Crippen molar-refractivity contribution in [1.82, 2.24) is 4.40 Å². The molecular weight excluding hydrogens is 414 g/mol. The van der Waals surface area contributed by atoms with Gasteiger partial charge in [-0.1, -0.05) is 36.4 Å². The van der Waals surface area contributed by atoms with Gasteiger partial charge in [-0.25, -0.2) is 4.57 Å². The number of fused-ring (bicyclic) bond motifs is 5. The summed E-state index contributed by atoms with van der Waals surface area (Å²) in [5.74, 6) is 0. The van der Waals surface area contributed by atoms with Crippen molar-refractivity contribution >= 4 is 60.4 Å². The third kappa shape index (κ3) is 2.34. The smallest absolute Gasteiger partial charge is 0.224 e. The normalized spacial score (nSPS) is 12.1. The Labute approximate surface area is 198 Å². The summed E-state index contributed by atoms with van der Waals surface area (Å²) in [7, 11) is 4.34. The van der Waals surface area contributed by atoms with Crippen molar-refractivity contribution in [1.29, 1.82) is 0 Å². The van der Waals surface area contributed by atoms with Crippen molar-refractivity contribution in [3.05, 3.63) is 96.2 Å². The molecule has 0 aliphatic heterocycles. The molecule has 0 atom stereocenters. The van der Waals surface area contributed by atoms with E-state index in [1.807, 2.05) is 0 Å². The third-order valence-corrected chi connectivity index (χ3v) is 7.70. The number of aryl methyl sites for hydroxylation is 3. The Kier molecular flexibility index (Phi) is 3.82. The second kappa shape index (κ2) is 6.71. The van der Waals surface area contributed by atoms with Crippen LogP contribution in [0.4, 0.5) is 11.4 Å². The number of para-hydroxylation sites is 1. The van der Waals surface area contributed by atoms with E-state index in [1.165, 1.54) is 71.5 Å². The number of pyridine rings is 2. The summed E-state index contributed by atoms with van der Waals surface area (Å²) in [6.07, 6.45) is 2.20. The average molecular weight is 441 g/mol. The van der Waals surface area contributed by atoms with Crippen LogP contribution in [-0.4, -0.2) is 11.4 Å². The molecule has 0 radical (unpaired) electrons. The minimum absolute atomic E-state index is 1.19. The zero-order valence-electron chi connectivity index (χ0n) is 19.9. The van der Waals surface area contributed by atoms with Gasteiger partial charge >= 0.3 is 0 Å². The van der Waals surface area contributed by atoms with E-state index in [4.69, 9.17) is 0 Å². The van der Waals surface area contributed by atoms with E-state index in [0.29, 0.717) is 0 Å². The molecule has 3 nitrogen and oxygen atoms in total. The third-order valence-electron chi connectivity index (χ3n) is 7.70. The van der Waals surface area contributed by atoms with Gasteiger partial charge in [0.05, 0.1) is 33.0 Å². The first-order valence-electron chi connectivity index (χ1n) is 11.8. The van der Waals surface area contributed by atoms with Crippen LogP contribution >= 0.6 is 0 Å². The Bertz CT molecular complexity index is 1890. The maximum absolute atomic E-state index is 2.50. The molecule has 0 amide bonds. The van der Waals surface area contributed by atoms with Crippen molar-refractivity contribution in [2.45, 2.75) is 13.8 Å². The van der Waals surface area contributed by atoms with Crippen molar-refractivity contribution in [2.24, 2.45) is 7.05 Å². The van der Waals surface area contributed by atoms with Crippen LogP contribution in [-0.2, 0) is 7.05 Å². The first-order chi connectivity index (χ1) is 16.6. The monoisotopic (exact) mass is 440 g/mol. The lowest BCUT2D eigenvalue weighted by Gasteiger charge is -2.20. The van der Waals surface area contributed by atoms with Gasteiger partial charge in [-0.3, -0.25) is 0 Å². The molecule has 3 heteroatoms. The van der Waals surface area contributed by atoms with E-state index < -0.39 is 0 Å². The molecule has 3 aromatic heterocycles. The van der Waals surface area contributed by atoms with Crippen molar-refractivity contribution in [3.8, 4) is 0 Å². The average Bonchev–Trinajstić information content (AvgIpc) is 3.20. The van der Waals surface area contributed by atoms with Crippen LogP contribution in [0.5, 0.6) is 0 Å². The van der Waals surface area contributed by atoms with Crippen LogP contribution in [0.1, 0.15) is 11.1 Å². The summed E-state index contributed by atoms with van der Waals surface area (Å²) < 4.78 is 4.80. The summed E-state index contributed by atoms with van der Waals surface area (Å²) >= 11 is 0. The van der Waals surface area contributed by atoms with Crippen molar-refractivity contribution in [2.75, 3.05) is 11.9 Å². The molecule has 0 saturated carbocycles. The lowest BCUT2D eigenvalue weighted by atomic mass is 9.96. The number of aromatic nitrogens is 2. The molecule has 0 bridgehead atoms. The number of anilines is 2. The van der Waals surface area contributed by atoms with Gasteiger partial charge in [0.2, 0.25) is 5.52 Å². The fraction of sp³-hybridized carbons (Fsp3) is 0.129. The van der Waals surface area contributed by atoms with Crippen LogP contribution in [0.3, 0.4) is 0 Å². The molecule has 0 unspecified atom stereocenters. The topological polar surface area (TPSA) is 11.5 Å². The molecule has 0 spiro atoms. The zero-order valence-corrected chi connectivity index (χ0v) is 19.9. The number of benzene rings is 4. The molecule has 0 aliphatic rings. The molecule has 0 saturated heterocycles. The standard InChI is InChI=1S/C31H26N3/c1-19-18-23-29-24(33(4)22-11-6-5-7-12-22)13-9-15-26(29)34-25-14-8-10-21-16-17-32(3)31(28(21)25)27(20(19)2)30(23)34/h5-18H,1-4H3/q+1. The van der Waals surface area contributed by atoms with Crippen LogP contribution in [0.15, 0.2) is 85.1 Å². The fourth-order valence-electron chi connectivity index (χ4n) is 5.93. The second-order valence-corrected chi connectivity index (χ2v) is 9.51. The van der Waals surface area contributed by atoms with Gasteiger partial charge in [0.15, 0.2) is 6.20 Å². The van der Waals surface area contributed by atoms with E-state index in [0.717, 1.165) is 0 Å². The minimum atomic E-state index is 1.19. The van der Waals surface area contributed by atoms with Gasteiger partial charge in [0.25, 0.3) is 0 Å². The maximum atomic E-state index is 2.50. The molecule has 3 heterocycles. The Morgan fingerprint density at radius 1 is 0.765 bits per heavy atom. The van der Waals surface area contributed by atoms with E-state index in [-0.39, 0.29) is 0 Å². The largest absolute Gasteiger partial charge is 0.344 e. The number of hydrogen-bond donors (Lipinski definition) is 0. The second-order valence-electron chi connectivity index (χ2n) is 9.51. The summed E-state index contributed by atoms with van der Waals surface area (Å²) in [4.78, 5) is 2.31. The van der Waals surface area contributed by atoms with E-state index in [1.54, 1.807) is 0 Å². The number of rotatable bonds is 2. The Hall–Kier alpha value is -4.11. The lowest BCUT2D eigenvalue weighted by Crippen LogP contribution is -2.29. The SMILES string of the molecule is Cc1cc2c3c(N(C)c4ccccc4)cccc3n3c4cccc5cc[n+](C)c(c(c1C)c23)c54. The van der Waals surface area contributed by atoms with Crippen LogP contribution in [0.2, 0.25) is 0 Å². The summed E-state index contributed by atoms with van der Waals surface area (Å²) in [6, 6.07) is 28.7. The predicted molar refractivity (Wildman–Crippen MR) is 144 cm³/mol. The first-order valence-corrected chi connectivity index (χ1v) is 11.8. The number of nitrogens with zero attached hydrogens (tertiary/aromatic N) is 3. The van der Waals surface area contributed by atoms with Crippen molar-refractivity contribution < 1.29 is 4.57 Å². The zero-order chi connectivity index (χ0) is 23.1. The van der Waals surface area contributed by atoms with Gasteiger partial charge < -0.3 is 9.30 Å². The van der Waals surface area contributed by atoms with Gasteiger partial charge in [-0.2, -0.15) is 0 Å². The number of hydrogen-bond acceptors (Lipinski definition) is 1. The minimum Gasteiger partial charge on any atom is -0.344 e. The highest BCUT2D eigenvalue weighted by Crippen LogP contribution is 2.44. The Balaban J connectivity index is 1.79. The van der Waals surface area contributed by atoms with E-state index in [2.05, 4.69) is 127 Å². The van der Waals surface area contributed by atoms with Crippen LogP contribution in [0, 0.1) is 13.8 Å². The predicted octanol–water partition coefficient (Wildman–Crippen LogP) is 7.20. The van der Waals surface area contributed by atoms with E-state index in [9.17, 15) is 0 Å². The van der Waals surface area contributed by atoms with Gasteiger partial charge in [0, 0.05) is 29.6 Å². The Morgan fingerprint density at radius 3 is 2.29 bits per heavy atom. The molecule has 34 heavy (non-hydrogen) atoms. The molecule has 0 aliphatic carbocycles. The highest BCUT2D eigenvalue weighted by Gasteiger charge is 2.25. The Morgan fingerprint density at radius 2 is 1.50 bits per heavy atom. The maximum Gasteiger partial charge on any atom is 0.224 e. The fourth-order valence-corrected chi connectivity index (χ4v) is 5.93. The molecule has 4 aromatic carbocycles.